The summed E-state index contributed by atoms with van der Waals surface area (Å²) in [5.41, 5.74) is 4.73. The minimum Gasteiger partial charge on any atom is -0.310 e. The van der Waals surface area contributed by atoms with Gasteiger partial charge in [0.05, 0.1) is 6.54 Å². The van der Waals surface area contributed by atoms with Crippen LogP contribution in [0.3, 0.4) is 0 Å². The number of aromatic nitrogens is 8. The van der Waals surface area contributed by atoms with Gasteiger partial charge in [-0.25, -0.2) is 0 Å². The van der Waals surface area contributed by atoms with E-state index in [0.29, 0.717) is 18.1 Å². The fraction of sp³-hybridized carbons (Fsp3) is 0.100. The van der Waals surface area contributed by atoms with E-state index in [1.165, 1.54) is 10.8 Å². The molecular formula is C20H16N8O. The van der Waals surface area contributed by atoms with Gasteiger partial charge in [-0.15, -0.1) is 10.2 Å². The summed E-state index contributed by atoms with van der Waals surface area (Å²) in [5.74, 6) is 1.09. The molecule has 0 saturated heterocycles. The highest BCUT2D eigenvalue weighted by Gasteiger charge is 2.12. The molecule has 0 atom stereocenters. The molecule has 2 aromatic carbocycles. The van der Waals surface area contributed by atoms with Crippen LogP contribution in [0.15, 0.2) is 65.7 Å². The Hall–Kier alpha value is -4.14. The number of tetrazole rings is 1. The highest BCUT2D eigenvalue weighted by Crippen LogP contribution is 2.29. The van der Waals surface area contributed by atoms with Crippen molar-refractivity contribution < 1.29 is 0 Å². The highest BCUT2D eigenvalue weighted by molar-refractivity contribution is 5.80. The van der Waals surface area contributed by atoms with Crippen molar-refractivity contribution in [2.24, 2.45) is 0 Å². The first-order valence-corrected chi connectivity index (χ1v) is 9.03. The maximum atomic E-state index is 12.0. The molecule has 0 unspecified atom stereocenters. The zero-order valence-electron chi connectivity index (χ0n) is 15.5. The topological polar surface area (TPSA) is 107 Å². The first-order chi connectivity index (χ1) is 14.2. The second kappa shape index (κ2) is 6.79. The van der Waals surface area contributed by atoms with Crippen molar-refractivity contribution in [3.05, 3.63) is 82.5 Å². The molecule has 0 bridgehead atoms. The van der Waals surface area contributed by atoms with Gasteiger partial charge in [0, 0.05) is 17.3 Å². The van der Waals surface area contributed by atoms with E-state index in [2.05, 4.69) is 55.0 Å². The van der Waals surface area contributed by atoms with Crippen LogP contribution >= 0.6 is 0 Å². The van der Waals surface area contributed by atoms with Gasteiger partial charge in [-0.05, 0) is 28.8 Å². The van der Waals surface area contributed by atoms with Gasteiger partial charge in [0.1, 0.15) is 6.33 Å². The first kappa shape index (κ1) is 17.0. The zero-order chi connectivity index (χ0) is 19.8. The molecule has 0 aliphatic rings. The summed E-state index contributed by atoms with van der Waals surface area (Å²) in [6.07, 6.45) is 1.39. The molecule has 0 saturated carbocycles. The molecule has 0 aliphatic heterocycles. The number of nitrogens with one attached hydrogen (secondary N) is 1. The monoisotopic (exact) mass is 384 g/mol. The Labute approximate surface area is 164 Å². The van der Waals surface area contributed by atoms with E-state index >= 15 is 0 Å². The number of nitrogens with zero attached hydrogens (tertiary/aromatic N) is 7. The van der Waals surface area contributed by atoms with E-state index in [9.17, 15) is 4.79 Å². The SMILES string of the molecule is Cc1cc(=O)n2ncnc2n1Cc1ccc(-c2ccccc2-c2nn[nH]n2)cc1. The summed E-state index contributed by atoms with van der Waals surface area (Å²) in [6.45, 7) is 2.48. The van der Waals surface area contributed by atoms with E-state index in [1.807, 2.05) is 35.8 Å². The lowest BCUT2D eigenvalue weighted by atomic mass is 9.98. The van der Waals surface area contributed by atoms with E-state index in [1.54, 1.807) is 6.07 Å². The predicted molar refractivity (Wildman–Crippen MR) is 106 cm³/mol. The third-order valence-electron chi connectivity index (χ3n) is 4.86. The lowest BCUT2D eigenvalue weighted by Gasteiger charge is -2.12. The molecule has 3 aromatic heterocycles. The number of fused-ring (bicyclic) bond motifs is 1. The van der Waals surface area contributed by atoms with Gasteiger partial charge in [0.15, 0.2) is 0 Å². The van der Waals surface area contributed by atoms with Crippen molar-refractivity contribution >= 4 is 5.78 Å². The number of aryl methyl sites for hydroxylation is 1. The Morgan fingerprint density at radius 2 is 1.83 bits per heavy atom. The lowest BCUT2D eigenvalue weighted by molar-refractivity contribution is 0.731. The Morgan fingerprint density at radius 1 is 1.03 bits per heavy atom. The van der Waals surface area contributed by atoms with Crippen molar-refractivity contribution in [2.75, 3.05) is 0 Å². The molecule has 0 aliphatic carbocycles. The molecule has 0 amide bonds. The average Bonchev–Trinajstić information content (AvgIpc) is 3.44. The zero-order valence-corrected chi connectivity index (χ0v) is 15.5. The third-order valence-corrected chi connectivity index (χ3v) is 4.86. The first-order valence-electron chi connectivity index (χ1n) is 9.03. The quantitative estimate of drug-likeness (QED) is 0.508. The summed E-state index contributed by atoms with van der Waals surface area (Å²) >= 11 is 0. The molecule has 3 heterocycles. The van der Waals surface area contributed by atoms with Crippen LogP contribution in [0.1, 0.15) is 11.3 Å². The van der Waals surface area contributed by atoms with Crippen LogP contribution in [-0.4, -0.2) is 39.8 Å². The van der Waals surface area contributed by atoms with Crippen LogP contribution in [0.25, 0.3) is 28.3 Å². The molecular weight excluding hydrogens is 368 g/mol. The molecule has 0 fully saturated rings. The van der Waals surface area contributed by atoms with Gasteiger partial charge >= 0.3 is 0 Å². The summed E-state index contributed by atoms with van der Waals surface area (Å²) in [5, 5.41) is 18.3. The van der Waals surface area contributed by atoms with Crippen molar-refractivity contribution in [2.45, 2.75) is 13.5 Å². The van der Waals surface area contributed by atoms with Gasteiger partial charge in [0.2, 0.25) is 11.6 Å². The van der Waals surface area contributed by atoms with Crippen molar-refractivity contribution in [1.29, 1.82) is 0 Å². The summed E-state index contributed by atoms with van der Waals surface area (Å²) in [4.78, 5) is 16.3. The van der Waals surface area contributed by atoms with Crippen molar-refractivity contribution in [1.82, 2.24) is 39.8 Å². The number of H-pyrrole nitrogens is 1. The normalized spacial score (nSPS) is 11.2. The molecule has 9 nitrogen and oxygen atoms in total. The standard InChI is InChI=1S/C20H16N8O/c1-13-10-18(29)28-20(21-12-22-28)27(13)11-14-6-8-15(9-7-14)16-4-2-3-5-17(16)19-23-25-26-24-19/h2-10,12H,11H2,1H3,(H,23,24,25,26). The van der Waals surface area contributed by atoms with Crippen LogP contribution in [0, 0.1) is 6.92 Å². The van der Waals surface area contributed by atoms with Crippen molar-refractivity contribution in [3.63, 3.8) is 0 Å². The van der Waals surface area contributed by atoms with Crippen LogP contribution in [-0.2, 0) is 6.54 Å². The van der Waals surface area contributed by atoms with Crippen LogP contribution < -0.4 is 5.56 Å². The molecule has 5 rings (SSSR count). The van der Waals surface area contributed by atoms with E-state index in [0.717, 1.165) is 27.9 Å². The second-order valence-corrected chi connectivity index (χ2v) is 6.66. The molecule has 5 aromatic rings. The van der Waals surface area contributed by atoms with Crippen LogP contribution in [0.4, 0.5) is 0 Å². The number of hydrogen-bond donors (Lipinski definition) is 1. The smallest absolute Gasteiger partial charge is 0.275 e. The van der Waals surface area contributed by atoms with Crippen LogP contribution in [0.5, 0.6) is 0 Å². The van der Waals surface area contributed by atoms with Gasteiger partial charge in [-0.3, -0.25) is 4.79 Å². The Bertz CT molecular complexity index is 1350. The lowest BCUT2D eigenvalue weighted by Crippen LogP contribution is -2.20. The highest BCUT2D eigenvalue weighted by atomic mass is 16.1. The maximum Gasteiger partial charge on any atom is 0.275 e. The summed E-state index contributed by atoms with van der Waals surface area (Å²) < 4.78 is 3.28. The van der Waals surface area contributed by atoms with Gasteiger partial charge in [-0.1, -0.05) is 48.5 Å². The average molecular weight is 384 g/mol. The number of benzene rings is 2. The largest absolute Gasteiger partial charge is 0.310 e. The minimum absolute atomic E-state index is 0.181. The third kappa shape index (κ3) is 2.98. The molecule has 1 N–H and O–H groups in total. The summed E-state index contributed by atoms with van der Waals surface area (Å²) in [6, 6.07) is 17.8. The fourth-order valence-electron chi connectivity index (χ4n) is 3.42. The molecule has 142 valence electrons. The minimum atomic E-state index is -0.181. The molecule has 0 radical (unpaired) electrons. The van der Waals surface area contributed by atoms with Gasteiger partial charge < -0.3 is 4.57 Å². The second-order valence-electron chi connectivity index (χ2n) is 6.66. The van der Waals surface area contributed by atoms with E-state index in [-0.39, 0.29) is 5.56 Å². The number of hydrogen-bond acceptors (Lipinski definition) is 6. The van der Waals surface area contributed by atoms with Gasteiger partial charge in [-0.2, -0.15) is 19.8 Å². The maximum absolute atomic E-state index is 12.0. The van der Waals surface area contributed by atoms with Gasteiger partial charge in [0.25, 0.3) is 5.56 Å². The number of aromatic amines is 1. The van der Waals surface area contributed by atoms with E-state index in [4.69, 9.17) is 0 Å². The summed E-state index contributed by atoms with van der Waals surface area (Å²) in [7, 11) is 0. The molecule has 9 heteroatoms. The fourth-order valence-corrected chi connectivity index (χ4v) is 3.42. The molecule has 29 heavy (non-hydrogen) atoms. The predicted octanol–water partition coefficient (Wildman–Crippen LogP) is 2.09. The van der Waals surface area contributed by atoms with Crippen molar-refractivity contribution in [3.8, 4) is 22.5 Å². The Kier molecular flexibility index (Phi) is 3.98. The van der Waals surface area contributed by atoms with Crippen LogP contribution in [0.2, 0.25) is 0 Å². The number of rotatable bonds is 4. The molecule has 0 spiro atoms. The van der Waals surface area contributed by atoms with E-state index < -0.39 is 0 Å². The Morgan fingerprint density at radius 3 is 2.59 bits per heavy atom. The Balaban J connectivity index is 1.50.